The van der Waals surface area contributed by atoms with Crippen LogP contribution in [0.3, 0.4) is 0 Å². The maximum absolute atomic E-state index is 12.9. The Morgan fingerprint density at radius 2 is 1.92 bits per heavy atom. The molecule has 3 aromatic carbocycles. The van der Waals surface area contributed by atoms with E-state index in [1.165, 1.54) is 4.90 Å². The lowest BCUT2D eigenvalue weighted by atomic mass is 10.0. The van der Waals surface area contributed by atoms with Crippen molar-refractivity contribution in [1.29, 1.82) is 0 Å². The fraction of sp³-hybridized carbons (Fsp3) is 0.150. The van der Waals surface area contributed by atoms with E-state index in [1.54, 1.807) is 0 Å². The van der Waals surface area contributed by atoms with Crippen molar-refractivity contribution in [1.82, 2.24) is 5.32 Å². The first-order valence-corrected chi connectivity index (χ1v) is 9.29. The van der Waals surface area contributed by atoms with Crippen LogP contribution in [-0.4, -0.2) is 11.7 Å². The monoisotopic (exact) mass is 353 g/mol. The summed E-state index contributed by atoms with van der Waals surface area (Å²) in [6.45, 7) is 0. The van der Waals surface area contributed by atoms with Crippen molar-refractivity contribution >= 4 is 40.0 Å². The van der Waals surface area contributed by atoms with Crippen molar-refractivity contribution in [3.8, 4) is 0 Å². The number of carbonyl (C=O) groups excluding carboxylic acids is 1. The van der Waals surface area contributed by atoms with Crippen LogP contribution in [0.15, 0.2) is 65.6 Å². The largest absolute Gasteiger partial charge is 0.345 e. The van der Waals surface area contributed by atoms with Gasteiger partial charge in [0.2, 0.25) is 0 Å². The van der Waals surface area contributed by atoms with Crippen molar-refractivity contribution in [2.24, 2.45) is 0 Å². The van der Waals surface area contributed by atoms with Gasteiger partial charge in [-0.3, -0.25) is 4.79 Å². The lowest BCUT2D eigenvalue weighted by Crippen LogP contribution is -2.30. The number of thioether (sulfide) groups is 1. The molecule has 0 saturated carbocycles. The topological polar surface area (TPSA) is 29.1 Å². The van der Waals surface area contributed by atoms with Gasteiger partial charge in [0.15, 0.2) is 0 Å². The SMILES string of the molecule is O=C(NC1CCSc2ccc(Cl)cc21)c1cccc2ccccc12. The minimum atomic E-state index is -0.0328. The van der Waals surface area contributed by atoms with Crippen molar-refractivity contribution in [2.45, 2.75) is 17.4 Å². The van der Waals surface area contributed by atoms with E-state index in [2.05, 4.69) is 5.32 Å². The number of benzene rings is 3. The zero-order valence-corrected chi connectivity index (χ0v) is 14.5. The number of hydrogen-bond donors (Lipinski definition) is 1. The number of carbonyl (C=O) groups is 1. The molecule has 0 radical (unpaired) electrons. The minimum Gasteiger partial charge on any atom is -0.345 e. The molecule has 0 saturated heterocycles. The fourth-order valence-electron chi connectivity index (χ4n) is 3.17. The maximum Gasteiger partial charge on any atom is 0.252 e. The van der Waals surface area contributed by atoms with Crippen LogP contribution >= 0.6 is 23.4 Å². The first-order chi connectivity index (χ1) is 11.7. The second-order valence-corrected chi connectivity index (χ2v) is 7.45. The molecule has 1 amide bonds. The molecule has 2 nitrogen and oxygen atoms in total. The summed E-state index contributed by atoms with van der Waals surface area (Å²) >= 11 is 7.97. The van der Waals surface area contributed by atoms with Crippen LogP contribution < -0.4 is 5.32 Å². The molecule has 4 rings (SSSR count). The minimum absolute atomic E-state index is 0.00594. The smallest absolute Gasteiger partial charge is 0.252 e. The predicted molar refractivity (Wildman–Crippen MR) is 101 cm³/mol. The highest BCUT2D eigenvalue weighted by molar-refractivity contribution is 7.99. The first kappa shape index (κ1) is 15.6. The lowest BCUT2D eigenvalue weighted by Gasteiger charge is -2.26. The van der Waals surface area contributed by atoms with Crippen LogP contribution in [0, 0.1) is 0 Å². The molecule has 3 aromatic rings. The number of amides is 1. The van der Waals surface area contributed by atoms with E-state index in [0.717, 1.165) is 34.1 Å². The second-order valence-electron chi connectivity index (χ2n) is 5.87. The van der Waals surface area contributed by atoms with Gasteiger partial charge in [-0.2, -0.15) is 0 Å². The van der Waals surface area contributed by atoms with E-state index in [4.69, 9.17) is 11.6 Å². The van der Waals surface area contributed by atoms with Crippen LogP contribution in [-0.2, 0) is 0 Å². The zero-order chi connectivity index (χ0) is 16.5. The van der Waals surface area contributed by atoms with Gasteiger partial charge in [0.05, 0.1) is 6.04 Å². The lowest BCUT2D eigenvalue weighted by molar-refractivity contribution is 0.0936. The van der Waals surface area contributed by atoms with Gasteiger partial charge in [0.25, 0.3) is 5.91 Å². The van der Waals surface area contributed by atoms with E-state index < -0.39 is 0 Å². The van der Waals surface area contributed by atoms with Gasteiger partial charge in [0.1, 0.15) is 0 Å². The molecular formula is C20H16ClNOS. The highest BCUT2D eigenvalue weighted by Gasteiger charge is 2.23. The van der Waals surface area contributed by atoms with Gasteiger partial charge >= 0.3 is 0 Å². The van der Waals surface area contributed by atoms with E-state index in [9.17, 15) is 4.79 Å². The van der Waals surface area contributed by atoms with Crippen molar-refractivity contribution in [2.75, 3.05) is 5.75 Å². The third kappa shape index (κ3) is 2.90. The molecule has 1 unspecified atom stereocenters. The molecule has 1 heterocycles. The summed E-state index contributed by atoms with van der Waals surface area (Å²) in [5.74, 6) is 0.962. The summed E-state index contributed by atoms with van der Waals surface area (Å²) in [6, 6.07) is 19.7. The Morgan fingerprint density at radius 3 is 2.83 bits per heavy atom. The van der Waals surface area contributed by atoms with Gasteiger partial charge in [-0.05, 0) is 47.0 Å². The predicted octanol–water partition coefficient (Wildman–Crippen LogP) is 5.46. The average Bonchev–Trinajstić information content (AvgIpc) is 2.61. The van der Waals surface area contributed by atoms with Crippen molar-refractivity contribution in [3.63, 3.8) is 0 Å². The average molecular weight is 354 g/mol. The zero-order valence-electron chi connectivity index (χ0n) is 13.0. The Kier molecular flexibility index (Phi) is 4.21. The van der Waals surface area contributed by atoms with E-state index in [-0.39, 0.29) is 11.9 Å². The first-order valence-electron chi connectivity index (χ1n) is 7.93. The summed E-state index contributed by atoms with van der Waals surface area (Å²) < 4.78 is 0. The highest BCUT2D eigenvalue weighted by Crippen LogP contribution is 2.37. The number of rotatable bonds is 2. The molecule has 4 heteroatoms. The van der Waals surface area contributed by atoms with E-state index in [1.807, 2.05) is 72.4 Å². The molecular weight excluding hydrogens is 338 g/mol. The molecule has 1 N–H and O–H groups in total. The Labute approximate surface area is 150 Å². The quantitative estimate of drug-likeness (QED) is 0.662. The Hall–Kier alpha value is -1.97. The summed E-state index contributed by atoms with van der Waals surface area (Å²) in [6.07, 6.45) is 0.911. The summed E-state index contributed by atoms with van der Waals surface area (Å²) in [5.41, 5.74) is 1.84. The fourth-order valence-corrected chi connectivity index (χ4v) is 4.46. The standard InChI is InChI=1S/C20H16ClNOS/c21-14-8-9-19-17(12-14)18(10-11-24-19)22-20(23)16-7-3-5-13-4-1-2-6-15(13)16/h1-9,12,18H,10-11H2,(H,22,23). The van der Waals surface area contributed by atoms with Gasteiger partial charge in [-0.15, -0.1) is 11.8 Å². The molecule has 1 aliphatic heterocycles. The Balaban J connectivity index is 1.67. The maximum atomic E-state index is 12.9. The van der Waals surface area contributed by atoms with Gasteiger partial charge in [-0.25, -0.2) is 0 Å². The summed E-state index contributed by atoms with van der Waals surface area (Å²) in [5, 5.41) is 5.97. The summed E-state index contributed by atoms with van der Waals surface area (Å²) in [4.78, 5) is 14.1. The molecule has 0 aliphatic carbocycles. The number of fused-ring (bicyclic) bond motifs is 2. The van der Waals surface area contributed by atoms with Crippen molar-refractivity contribution < 1.29 is 4.79 Å². The second kappa shape index (κ2) is 6.50. The molecule has 0 fully saturated rings. The number of nitrogens with one attached hydrogen (secondary N) is 1. The number of hydrogen-bond acceptors (Lipinski definition) is 2. The van der Waals surface area contributed by atoms with Gasteiger partial charge < -0.3 is 5.32 Å². The highest BCUT2D eigenvalue weighted by atomic mass is 35.5. The van der Waals surface area contributed by atoms with Gasteiger partial charge in [-0.1, -0.05) is 48.0 Å². The normalized spacial score (nSPS) is 16.6. The third-order valence-corrected chi connectivity index (χ3v) is 5.71. The molecule has 1 atom stereocenters. The molecule has 24 heavy (non-hydrogen) atoms. The Bertz CT molecular complexity index is 919. The molecule has 0 bridgehead atoms. The van der Waals surface area contributed by atoms with E-state index in [0.29, 0.717) is 5.02 Å². The number of halogens is 1. The molecule has 0 aromatic heterocycles. The summed E-state index contributed by atoms with van der Waals surface area (Å²) in [7, 11) is 0. The van der Waals surface area contributed by atoms with Gasteiger partial charge in [0, 0.05) is 21.2 Å². The van der Waals surface area contributed by atoms with Crippen LogP contribution in [0.1, 0.15) is 28.4 Å². The van der Waals surface area contributed by atoms with E-state index >= 15 is 0 Å². The van der Waals surface area contributed by atoms with Crippen LogP contribution in [0.5, 0.6) is 0 Å². The molecule has 120 valence electrons. The third-order valence-electron chi connectivity index (χ3n) is 4.35. The van der Waals surface area contributed by atoms with Crippen molar-refractivity contribution in [3.05, 3.63) is 76.8 Å². The van der Waals surface area contributed by atoms with Crippen LogP contribution in [0.4, 0.5) is 0 Å². The van der Waals surface area contributed by atoms with Crippen LogP contribution in [0.2, 0.25) is 5.02 Å². The molecule has 1 aliphatic rings. The molecule has 0 spiro atoms. The van der Waals surface area contributed by atoms with Crippen LogP contribution in [0.25, 0.3) is 10.8 Å². The Morgan fingerprint density at radius 1 is 1.08 bits per heavy atom.